The SMILES string of the molecule is Cc1cc(C)nc(NC(=O)c2ccc(C#N)o2)c1. The Balaban J connectivity index is 2.18. The van der Waals surface area contributed by atoms with Crippen molar-refractivity contribution in [3.05, 3.63) is 47.0 Å². The Morgan fingerprint density at radius 1 is 1.39 bits per heavy atom. The van der Waals surface area contributed by atoms with Crippen molar-refractivity contribution in [2.24, 2.45) is 0 Å². The summed E-state index contributed by atoms with van der Waals surface area (Å²) in [5.41, 5.74) is 1.83. The fourth-order valence-corrected chi connectivity index (χ4v) is 1.60. The molecule has 0 radical (unpaired) electrons. The van der Waals surface area contributed by atoms with Gasteiger partial charge in [-0.25, -0.2) is 4.98 Å². The van der Waals surface area contributed by atoms with Gasteiger partial charge in [0.15, 0.2) is 5.76 Å². The fraction of sp³-hybridized carbons (Fsp3) is 0.154. The van der Waals surface area contributed by atoms with Crippen LogP contribution in [0.2, 0.25) is 0 Å². The molecule has 2 aromatic rings. The zero-order chi connectivity index (χ0) is 13.1. The summed E-state index contributed by atoms with van der Waals surface area (Å²) in [5, 5.41) is 11.2. The highest BCUT2D eigenvalue weighted by Gasteiger charge is 2.12. The van der Waals surface area contributed by atoms with Crippen molar-refractivity contribution in [3.8, 4) is 6.07 Å². The number of amides is 1. The van der Waals surface area contributed by atoms with E-state index in [1.807, 2.05) is 26.0 Å². The highest BCUT2D eigenvalue weighted by molar-refractivity contribution is 6.01. The van der Waals surface area contributed by atoms with Gasteiger partial charge in [-0.3, -0.25) is 4.79 Å². The number of carbonyl (C=O) groups is 1. The first-order chi connectivity index (χ1) is 8.58. The zero-order valence-corrected chi connectivity index (χ0v) is 10.0. The van der Waals surface area contributed by atoms with E-state index in [1.165, 1.54) is 12.1 Å². The average Bonchev–Trinajstić information content (AvgIpc) is 2.75. The first kappa shape index (κ1) is 11.9. The molecule has 2 aromatic heterocycles. The van der Waals surface area contributed by atoms with E-state index in [4.69, 9.17) is 9.68 Å². The van der Waals surface area contributed by atoms with Gasteiger partial charge in [0.2, 0.25) is 5.76 Å². The molecule has 1 amide bonds. The number of carbonyl (C=O) groups excluding carboxylic acids is 1. The van der Waals surface area contributed by atoms with Crippen LogP contribution in [0.25, 0.3) is 0 Å². The summed E-state index contributed by atoms with van der Waals surface area (Å²) >= 11 is 0. The van der Waals surface area contributed by atoms with Crippen molar-refractivity contribution in [1.29, 1.82) is 5.26 Å². The van der Waals surface area contributed by atoms with Gasteiger partial charge in [0.05, 0.1) is 0 Å². The van der Waals surface area contributed by atoms with Crippen LogP contribution in [0.3, 0.4) is 0 Å². The minimum absolute atomic E-state index is 0.0903. The van der Waals surface area contributed by atoms with Crippen molar-refractivity contribution in [3.63, 3.8) is 0 Å². The molecule has 1 N–H and O–H groups in total. The predicted molar refractivity (Wildman–Crippen MR) is 65.1 cm³/mol. The molecular weight excluding hydrogens is 230 g/mol. The zero-order valence-electron chi connectivity index (χ0n) is 10.0. The lowest BCUT2D eigenvalue weighted by Gasteiger charge is -2.04. The number of anilines is 1. The highest BCUT2D eigenvalue weighted by atomic mass is 16.3. The van der Waals surface area contributed by atoms with Crippen LogP contribution in [0.1, 0.15) is 27.6 Å². The van der Waals surface area contributed by atoms with E-state index in [1.54, 1.807) is 6.07 Å². The number of nitrogens with one attached hydrogen (secondary N) is 1. The number of aryl methyl sites for hydroxylation is 2. The highest BCUT2D eigenvalue weighted by Crippen LogP contribution is 2.12. The minimum Gasteiger partial charge on any atom is -0.440 e. The average molecular weight is 241 g/mol. The molecule has 0 aliphatic heterocycles. The molecule has 0 saturated carbocycles. The van der Waals surface area contributed by atoms with E-state index in [2.05, 4.69) is 10.3 Å². The summed E-state index contributed by atoms with van der Waals surface area (Å²) in [4.78, 5) is 16.0. The van der Waals surface area contributed by atoms with Crippen molar-refractivity contribution in [2.75, 3.05) is 5.32 Å². The lowest BCUT2D eigenvalue weighted by molar-refractivity contribution is 0.0995. The fourth-order valence-electron chi connectivity index (χ4n) is 1.60. The van der Waals surface area contributed by atoms with Crippen LogP contribution in [-0.2, 0) is 0 Å². The van der Waals surface area contributed by atoms with Gasteiger partial charge in [-0.2, -0.15) is 5.26 Å². The first-order valence-electron chi connectivity index (χ1n) is 5.35. The van der Waals surface area contributed by atoms with Crippen LogP contribution in [0.15, 0.2) is 28.7 Å². The van der Waals surface area contributed by atoms with Gasteiger partial charge < -0.3 is 9.73 Å². The van der Waals surface area contributed by atoms with E-state index in [-0.39, 0.29) is 11.5 Å². The molecule has 0 fully saturated rings. The molecule has 18 heavy (non-hydrogen) atoms. The quantitative estimate of drug-likeness (QED) is 0.875. The van der Waals surface area contributed by atoms with Crippen LogP contribution in [-0.4, -0.2) is 10.9 Å². The second-order valence-electron chi connectivity index (χ2n) is 3.90. The molecular formula is C13H11N3O2. The number of nitriles is 1. The Morgan fingerprint density at radius 2 is 2.17 bits per heavy atom. The number of hydrogen-bond acceptors (Lipinski definition) is 4. The third-order valence-corrected chi connectivity index (χ3v) is 2.28. The molecule has 0 aliphatic carbocycles. The summed E-state index contributed by atoms with van der Waals surface area (Å²) in [7, 11) is 0. The summed E-state index contributed by atoms with van der Waals surface area (Å²) in [6, 6.07) is 8.40. The third kappa shape index (κ3) is 2.55. The Morgan fingerprint density at radius 3 is 2.78 bits per heavy atom. The van der Waals surface area contributed by atoms with Crippen LogP contribution >= 0.6 is 0 Å². The standard InChI is InChI=1S/C13H11N3O2/c1-8-5-9(2)15-12(6-8)16-13(17)11-4-3-10(7-14)18-11/h3-6H,1-2H3,(H,15,16,17). The molecule has 0 aliphatic rings. The maximum Gasteiger partial charge on any atom is 0.292 e. The van der Waals surface area contributed by atoms with Gasteiger partial charge in [-0.05, 0) is 43.7 Å². The second-order valence-corrected chi connectivity index (χ2v) is 3.90. The van der Waals surface area contributed by atoms with Crippen LogP contribution in [0.4, 0.5) is 5.82 Å². The van der Waals surface area contributed by atoms with Crippen molar-refractivity contribution in [2.45, 2.75) is 13.8 Å². The van der Waals surface area contributed by atoms with Gasteiger partial charge >= 0.3 is 0 Å². The minimum atomic E-state index is -0.422. The van der Waals surface area contributed by atoms with E-state index >= 15 is 0 Å². The number of pyridine rings is 1. The maximum absolute atomic E-state index is 11.8. The molecule has 0 atom stereocenters. The predicted octanol–water partition coefficient (Wildman–Crippen LogP) is 2.42. The Hall–Kier alpha value is -2.61. The molecule has 0 aromatic carbocycles. The van der Waals surface area contributed by atoms with E-state index in [0.29, 0.717) is 5.82 Å². The van der Waals surface area contributed by atoms with Crippen molar-refractivity contribution < 1.29 is 9.21 Å². The Kier molecular flexibility index (Phi) is 3.11. The van der Waals surface area contributed by atoms with Crippen molar-refractivity contribution >= 4 is 11.7 Å². The van der Waals surface area contributed by atoms with Gasteiger partial charge in [0.1, 0.15) is 11.9 Å². The number of hydrogen-bond donors (Lipinski definition) is 1. The number of nitrogens with zero attached hydrogens (tertiary/aromatic N) is 2. The molecule has 5 heteroatoms. The van der Waals surface area contributed by atoms with E-state index in [9.17, 15) is 4.79 Å². The normalized spacial score (nSPS) is 9.83. The van der Waals surface area contributed by atoms with Crippen molar-refractivity contribution in [1.82, 2.24) is 4.98 Å². The smallest absolute Gasteiger partial charge is 0.292 e. The molecule has 2 rings (SSSR count). The van der Waals surface area contributed by atoms with E-state index < -0.39 is 5.91 Å². The van der Waals surface area contributed by atoms with Gasteiger partial charge in [-0.15, -0.1) is 0 Å². The van der Waals surface area contributed by atoms with Crippen LogP contribution in [0.5, 0.6) is 0 Å². The number of furan rings is 1. The summed E-state index contributed by atoms with van der Waals surface area (Å²) in [5.74, 6) is 0.238. The van der Waals surface area contributed by atoms with Crippen LogP contribution in [0, 0.1) is 25.2 Å². The second kappa shape index (κ2) is 4.72. The van der Waals surface area contributed by atoms with E-state index in [0.717, 1.165) is 11.3 Å². The topological polar surface area (TPSA) is 78.9 Å². The third-order valence-electron chi connectivity index (χ3n) is 2.28. The molecule has 0 spiro atoms. The van der Waals surface area contributed by atoms with Gasteiger partial charge in [-0.1, -0.05) is 0 Å². The summed E-state index contributed by atoms with van der Waals surface area (Å²) in [6.07, 6.45) is 0. The molecule has 0 saturated heterocycles. The Labute approximate surface area is 104 Å². The van der Waals surface area contributed by atoms with Crippen LogP contribution < -0.4 is 5.32 Å². The lowest BCUT2D eigenvalue weighted by Crippen LogP contribution is -2.12. The maximum atomic E-state index is 11.8. The molecule has 2 heterocycles. The lowest BCUT2D eigenvalue weighted by atomic mass is 10.2. The van der Waals surface area contributed by atoms with Gasteiger partial charge in [0.25, 0.3) is 5.91 Å². The Bertz CT molecular complexity index is 618. The molecule has 0 bridgehead atoms. The first-order valence-corrected chi connectivity index (χ1v) is 5.35. The molecule has 90 valence electrons. The summed E-state index contributed by atoms with van der Waals surface area (Å²) in [6.45, 7) is 3.77. The molecule has 0 unspecified atom stereocenters. The van der Waals surface area contributed by atoms with Gasteiger partial charge in [0, 0.05) is 5.69 Å². The number of aromatic nitrogens is 1. The monoisotopic (exact) mass is 241 g/mol. The largest absolute Gasteiger partial charge is 0.440 e. The summed E-state index contributed by atoms with van der Waals surface area (Å²) < 4.78 is 5.03. The molecule has 5 nitrogen and oxygen atoms in total. The number of rotatable bonds is 2.